The van der Waals surface area contributed by atoms with Crippen molar-refractivity contribution in [1.82, 2.24) is 4.72 Å². The van der Waals surface area contributed by atoms with E-state index >= 15 is 0 Å². The summed E-state index contributed by atoms with van der Waals surface area (Å²) in [5.41, 5.74) is 2.75. The lowest BCUT2D eigenvalue weighted by Crippen LogP contribution is -2.32. The third kappa shape index (κ3) is 3.77. The zero-order valence-electron chi connectivity index (χ0n) is 13.2. The van der Waals surface area contributed by atoms with Crippen molar-refractivity contribution in [3.8, 4) is 5.75 Å². The van der Waals surface area contributed by atoms with E-state index in [1.165, 1.54) is 0 Å². The minimum atomic E-state index is -2.63. The Morgan fingerprint density at radius 3 is 2.54 bits per heavy atom. The molecule has 0 bridgehead atoms. The lowest BCUT2D eigenvalue weighted by Gasteiger charge is -2.30. The third-order valence-electron chi connectivity index (χ3n) is 3.57. The fourth-order valence-electron chi connectivity index (χ4n) is 2.56. The van der Waals surface area contributed by atoms with Crippen LogP contribution in [0.3, 0.4) is 0 Å². The molecule has 0 spiro atoms. The van der Waals surface area contributed by atoms with Gasteiger partial charge in [0.05, 0.1) is 5.71 Å². The van der Waals surface area contributed by atoms with Crippen LogP contribution in [-0.4, -0.2) is 19.9 Å². The van der Waals surface area contributed by atoms with Crippen LogP contribution >= 0.6 is 11.6 Å². The van der Waals surface area contributed by atoms with Gasteiger partial charge in [0, 0.05) is 22.7 Å². The van der Waals surface area contributed by atoms with Crippen LogP contribution in [0.5, 0.6) is 5.75 Å². The Balaban J connectivity index is 2.02. The molecular weight excluding hydrogens is 348 g/mol. The van der Waals surface area contributed by atoms with Gasteiger partial charge in [0.25, 0.3) is 0 Å². The van der Waals surface area contributed by atoms with Crippen molar-refractivity contribution in [2.24, 2.45) is 4.99 Å². The summed E-state index contributed by atoms with van der Waals surface area (Å²) >= 11 is 5.97. The molecule has 1 aliphatic heterocycles. The standard InChI is InChI=1S/C17H17ClN2O3S/c1-17(2)20-16(12-4-6-13(18)7-5-12)14-8-3-11(9-15(14)23-17)10-19-24(21)22/h3-9,24H,10H2,1-2H3,(H,19,21,22). The molecule has 126 valence electrons. The molecule has 0 saturated carbocycles. The van der Waals surface area contributed by atoms with Gasteiger partial charge < -0.3 is 4.74 Å². The second-order valence-corrected chi connectivity index (χ2v) is 7.21. The Hall–Kier alpha value is -1.89. The lowest BCUT2D eigenvalue weighted by atomic mass is 9.97. The van der Waals surface area contributed by atoms with Crippen LogP contribution in [0.15, 0.2) is 47.5 Å². The fourth-order valence-corrected chi connectivity index (χ4v) is 3.00. The van der Waals surface area contributed by atoms with E-state index < -0.39 is 16.6 Å². The van der Waals surface area contributed by atoms with Crippen LogP contribution in [0.1, 0.15) is 30.5 Å². The highest BCUT2D eigenvalue weighted by molar-refractivity contribution is 7.70. The van der Waals surface area contributed by atoms with Crippen LogP contribution in [0, 0.1) is 0 Å². The van der Waals surface area contributed by atoms with Crippen LogP contribution in [0.4, 0.5) is 0 Å². The second-order valence-electron chi connectivity index (χ2n) is 5.94. The number of rotatable bonds is 4. The van der Waals surface area contributed by atoms with E-state index in [2.05, 4.69) is 4.72 Å². The van der Waals surface area contributed by atoms with Gasteiger partial charge in [-0.2, -0.15) is 0 Å². The number of hydrogen-bond donors (Lipinski definition) is 2. The number of nitrogens with one attached hydrogen (secondary N) is 1. The average molecular weight is 365 g/mol. The van der Waals surface area contributed by atoms with E-state index in [1.807, 2.05) is 56.3 Å². The molecule has 7 heteroatoms. The number of halogens is 1. The maximum atomic E-state index is 10.7. The first-order valence-electron chi connectivity index (χ1n) is 7.40. The quantitative estimate of drug-likeness (QED) is 0.820. The van der Waals surface area contributed by atoms with Gasteiger partial charge in [-0.15, -0.1) is 0 Å². The van der Waals surface area contributed by atoms with Gasteiger partial charge >= 0.3 is 0 Å². The minimum Gasteiger partial charge on any atom is -0.466 e. The number of hydrogen-bond acceptors (Lipinski definition) is 4. The molecule has 0 aliphatic carbocycles. The number of ether oxygens (including phenoxy) is 1. The smallest absolute Gasteiger partial charge is 0.201 e. The van der Waals surface area contributed by atoms with Crippen molar-refractivity contribution >= 4 is 28.2 Å². The predicted octanol–water partition coefficient (Wildman–Crippen LogP) is 2.92. The highest BCUT2D eigenvalue weighted by Gasteiger charge is 2.28. The monoisotopic (exact) mass is 364 g/mol. The summed E-state index contributed by atoms with van der Waals surface area (Å²) in [4.78, 5) is 4.70. The maximum Gasteiger partial charge on any atom is 0.201 e. The summed E-state index contributed by atoms with van der Waals surface area (Å²) in [6.45, 7) is 3.99. The molecular formula is C17H17ClN2O3S. The first-order valence-corrected chi connectivity index (χ1v) is 8.96. The van der Waals surface area contributed by atoms with Gasteiger partial charge in [0.1, 0.15) is 5.75 Å². The zero-order chi connectivity index (χ0) is 17.3. The molecule has 24 heavy (non-hydrogen) atoms. The van der Waals surface area contributed by atoms with Crippen LogP contribution in [-0.2, 0) is 17.4 Å². The molecule has 1 N–H and O–H groups in total. The molecule has 1 heterocycles. The predicted molar refractivity (Wildman–Crippen MR) is 95.4 cm³/mol. The van der Waals surface area contributed by atoms with E-state index in [9.17, 15) is 8.42 Å². The zero-order valence-corrected chi connectivity index (χ0v) is 14.9. The Labute approximate surface area is 147 Å². The number of nitrogens with zero attached hydrogens (tertiary/aromatic N) is 1. The molecule has 2 aromatic rings. The average Bonchev–Trinajstić information content (AvgIpc) is 2.51. The lowest BCUT2D eigenvalue weighted by molar-refractivity contribution is 0.115. The van der Waals surface area contributed by atoms with Crippen molar-refractivity contribution < 1.29 is 13.2 Å². The third-order valence-corrected chi connectivity index (χ3v) is 4.24. The van der Waals surface area contributed by atoms with Gasteiger partial charge in [-0.1, -0.05) is 29.8 Å². The largest absolute Gasteiger partial charge is 0.466 e. The summed E-state index contributed by atoms with van der Waals surface area (Å²) in [6, 6.07) is 13.1. The van der Waals surface area contributed by atoms with E-state index in [1.54, 1.807) is 0 Å². The topological polar surface area (TPSA) is 67.8 Å². The van der Waals surface area contributed by atoms with Crippen molar-refractivity contribution in [1.29, 1.82) is 0 Å². The Morgan fingerprint density at radius 2 is 1.88 bits per heavy atom. The number of thiol groups is 1. The molecule has 0 saturated heterocycles. The van der Waals surface area contributed by atoms with E-state index in [0.29, 0.717) is 10.8 Å². The molecule has 0 amide bonds. The second kappa shape index (κ2) is 6.55. The Kier molecular flexibility index (Phi) is 4.62. The summed E-state index contributed by atoms with van der Waals surface area (Å²) in [5.74, 6) is 0.681. The normalized spacial score (nSPS) is 15.6. The van der Waals surface area contributed by atoms with E-state index in [-0.39, 0.29) is 6.54 Å². The molecule has 1 aliphatic rings. The first kappa shape index (κ1) is 17.0. The van der Waals surface area contributed by atoms with E-state index in [4.69, 9.17) is 21.3 Å². The van der Waals surface area contributed by atoms with Crippen molar-refractivity contribution in [2.45, 2.75) is 26.1 Å². The Bertz CT molecular complexity index is 866. The van der Waals surface area contributed by atoms with Crippen LogP contribution in [0.25, 0.3) is 0 Å². The first-order chi connectivity index (χ1) is 11.3. The summed E-state index contributed by atoms with van der Waals surface area (Å²) < 4.78 is 29.7. The highest BCUT2D eigenvalue weighted by atomic mass is 35.5. The summed E-state index contributed by atoms with van der Waals surface area (Å²) in [7, 11) is -2.63. The van der Waals surface area contributed by atoms with Gasteiger partial charge in [-0.3, -0.25) is 0 Å². The highest BCUT2D eigenvalue weighted by Crippen LogP contribution is 2.33. The molecule has 0 fully saturated rings. The SMILES string of the molecule is CC1(C)N=C(c2ccc(Cl)cc2)c2ccc(CN[SH](=O)=O)cc2O1. The molecule has 0 aromatic heterocycles. The number of benzene rings is 2. The summed E-state index contributed by atoms with van der Waals surface area (Å²) in [5, 5.41) is 0.666. The van der Waals surface area contributed by atoms with Gasteiger partial charge in [0.2, 0.25) is 10.9 Å². The van der Waals surface area contributed by atoms with E-state index in [0.717, 1.165) is 22.4 Å². The van der Waals surface area contributed by atoms with Gasteiger partial charge in [0.15, 0.2) is 5.72 Å². The minimum absolute atomic E-state index is 0.225. The van der Waals surface area contributed by atoms with Crippen LogP contribution < -0.4 is 9.46 Å². The molecule has 0 unspecified atom stereocenters. The summed E-state index contributed by atoms with van der Waals surface area (Å²) in [6.07, 6.45) is 0. The van der Waals surface area contributed by atoms with Gasteiger partial charge in [-0.25, -0.2) is 18.1 Å². The van der Waals surface area contributed by atoms with Crippen LogP contribution in [0.2, 0.25) is 5.02 Å². The fraction of sp³-hybridized carbons (Fsp3) is 0.235. The van der Waals surface area contributed by atoms with Crippen molar-refractivity contribution in [2.75, 3.05) is 0 Å². The molecule has 0 atom stereocenters. The molecule has 2 aromatic carbocycles. The Morgan fingerprint density at radius 1 is 1.17 bits per heavy atom. The van der Waals surface area contributed by atoms with Crippen molar-refractivity contribution in [3.05, 3.63) is 64.2 Å². The number of aliphatic imine (C=N–C) groups is 1. The molecule has 3 rings (SSSR count). The van der Waals surface area contributed by atoms with Gasteiger partial charge in [-0.05, 0) is 43.7 Å². The number of fused-ring (bicyclic) bond motifs is 1. The molecule has 0 radical (unpaired) electrons. The molecule has 5 nitrogen and oxygen atoms in total. The maximum absolute atomic E-state index is 10.7. The van der Waals surface area contributed by atoms with Crippen molar-refractivity contribution in [3.63, 3.8) is 0 Å².